The van der Waals surface area contributed by atoms with Crippen LogP contribution in [0.4, 0.5) is 9.59 Å². The maximum absolute atomic E-state index is 12.1. The van der Waals surface area contributed by atoms with Gasteiger partial charge in [0.15, 0.2) is 0 Å². The van der Waals surface area contributed by atoms with Gasteiger partial charge < -0.3 is 9.80 Å². The highest BCUT2D eigenvalue weighted by Crippen LogP contribution is 2.34. The summed E-state index contributed by atoms with van der Waals surface area (Å²) in [6.45, 7) is 0. The average Bonchev–Trinajstić information content (AvgIpc) is 2.89. The second-order valence-corrected chi connectivity index (χ2v) is 10.8. The van der Waals surface area contributed by atoms with Gasteiger partial charge in [-0.15, -0.1) is 0 Å². The SMILES string of the molecule is CN(C)C(=O)Sc1ccc(-c2cc(-c3ccccc3)cc(-c3ccc(SC(=O)N(C)C)cc3)c2)cc1. The van der Waals surface area contributed by atoms with Crippen molar-refractivity contribution in [1.29, 1.82) is 0 Å². The maximum Gasteiger partial charge on any atom is 0.285 e. The van der Waals surface area contributed by atoms with Crippen LogP contribution >= 0.6 is 23.5 Å². The topological polar surface area (TPSA) is 40.6 Å². The first kappa shape index (κ1) is 25.6. The number of hydrogen-bond acceptors (Lipinski definition) is 4. The molecular weight excluding hydrogens is 484 g/mol. The molecule has 0 aliphatic heterocycles. The van der Waals surface area contributed by atoms with Crippen molar-refractivity contribution < 1.29 is 9.59 Å². The minimum absolute atomic E-state index is 0.00463. The van der Waals surface area contributed by atoms with Crippen molar-refractivity contribution in [2.24, 2.45) is 0 Å². The zero-order chi connectivity index (χ0) is 25.7. The van der Waals surface area contributed by atoms with Gasteiger partial charge in [0.05, 0.1) is 0 Å². The van der Waals surface area contributed by atoms with Crippen LogP contribution in [0.15, 0.2) is 107 Å². The lowest BCUT2D eigenvalue weighted by Gasteiger charge is -2.13. The van der Waals surface area contributed by atoms with E-state index in [1.165, 1.54) is 23.5 Å². The van der Waals surface area contributed by atoms with Gasteiger partial charge in [-0.3, -0.25) is 9.59 Å². The molecule has 4 aromatic rings. The lowest BCUT2D eigenvalue weighted by Crippen LogP contribution is -2.15. The third-order valence-corrected chi connectivity index (χ3v) is 7.65. The van der Waals surface area contributed by atoms with Crippen molar-refractivity contribution in [2.45, 2.75) is 9.79 Å². The van der Waals surface area contributed by atoms with Crippen LogP contribution in [0, 0.1) is 0 Å². The fourth-order valence-corrected chi connectivity index (χ4v) is 4.89. The predicted octanol–water partition coefficient (Wildman–Crippen LogP) is 8.24. The maximum atomic E-state index is 12.1. The van der Waals surface area contributed by atoms with Crippen LogP contribution in [-0.2, 0) is 0 Å². The smallest absolute Gasteiger partial charge is 0.285 e. The largest absolute Gasteiger partial charge is 0.339 e. The van der Waals surface area contributed by atoms with E-state index in [4.69, 9.17) is 0 Å². The fourth-order valence-electron chi connectivity index (χ4n) is 3.57. The van der Waals surface area contributed by atoms with Gasteiger partial charge in [-0.2, -0.15) is 0 Å². The molecule has 4 rings (SSSR count). The minimum atomic E-state index is 0.00463. The Labute approximate surface area is 221 Å². The lowest BCUT2D eigenvalue weighted by molar-refractivity contribution is 0.240. The van der Waals surface area contributed by atoms with Crippen LogP contribution in [0.25, 0.3) is 33.4 Å². The van der Waals surface area contributed by atoms with Gasteiger partial charge in [-0.05, 0) is 99.4 Å². The minimum Gasteiger partial charge on any atom is -0.339 e. The van der Waals surface area contributed by atoms with E-state index in [2.05, 4.69) is 54.6 Å². The van der Waals surface area contributed by atoms with E-state index < -0.39 is 0 Å². The molecule has 0 bridgehead atoms. The number of carbonyl (C=O) groups is 2. The van der Waals surface area contributed by atoms with E-state index in [1.807, 2.05) is 42.5 Å². The molecule has 0 aliphatic carbocycles. The number of benzene rings is 4. The summed E-state index contributed by atoms with van der Waals surface area (Å²) in [6, 6.07) is 33.1. The van der Waals surface area contributed by atoms with E-state index >= 15 is 0 Å². The molecule has 0 unspecified atom stereocenters. The van der Waals surface area contributed by atoms with Crippen LogP contribution in [0.3, 0.4) is 0 Å². The van der Waals surface area contributed by atoms with E-state index in [1.54, 1.807) is 38.0 Å². The molecule has 0 aliphatic rings. The third-order valence-electron chi connectivity index (χ3n) is 5.56. The molecule has 182 valence electrons. The molecule has 2 amide bonds. The summed E-state index contributed by atoms with van der Waals surface area (Å²) in [4.78, 5) is 29.1. The Bertz CT molecular complexity index is 1270. The van der Waals surface area contributed by atoms with Crippen molar-refractivity contribution >= 4 is 34.0 Å². The Morgan fingerprint density at radius 2 is 0.806 bits per heavy atom. The van der Waals surface area contributed by atoms with Gasteiger partial charge in [0.1, 0.15) is 0 Å². The van der Waals surface area contributed by atoms with Gasteiger partial charge in [-0.25, -0.2) is 0 Å². The standard InChI is InChI=1S/C30H28N2O2S2/c1-31(2)29(33)35-27-14-10-22(11-15-27)25-18-24(21-8-6-5-7-9-21)19-26(20-25)23-12-16-28(17-13-23)36-30(34)32(3)4/h5-20H,1-4H3. The summed E-state index contributed by atoms with van der Waals surface area (Å²) >= 11 is 2.44. The molecular formula is C30H28N2O2S2. The van der Waals surface area contributed by atoms with Gasteiger partial charge >= 0.3 is 0 Å². The Hall–Kier alpha value is -3.48. The van der Waals surface area contributed by atoms with Crippen LogP contribution in [0.5, 0.6) is 0 Å². The van der Waals surface area contributed by atoms with Crippen LogP contribution in [0.2, 0.25) is 0 Å². The van der Waals surface area contributed by atoms with Crippen LogP contribution < -0.4 is 0 Å². The molecule has 0 saturated heterocycles. The molecule has 0 heterocycles. The molecule has 0 aromatic heterocycles. The highest BCUT2D eigenvalue weighted by Gasteiger charge is 2.11. The summed E-state index contributed by atoms with van der Waals surface area (Å²) in [5.74, 6) is 0. The fraction of sp³-hybridized carbons (Fsp3) is 0.133. The predicted molar refractivity (Wildman–Crippen MR) is 153 cm³/mol. The molecule has 0 fully saturated rings. The Morgan fingerprint density at radius 1 is 0.472 bits per heavy atom. The van der Waals surface area contributed by atoms with E-state index in [0.29, 0.717) is 0 Å². The monoisotopic (exact) mass is 512 g/mol. The van der Waals surface area contributed by atoms with Crippen molar-refractivity contribution in [3.63, 3.8) is 0 Å². The number of rotatable bonds is 5. The molecule has 0 spiro atoms. The first-order valence-corrected chi connectivity index (χ1v) is 13.1. The summed E-state index contributed by atoms with van der Waals surface area (Å²) in [5, 5.41) is 0.00926. The number of amides is 2. The highest BCUT2D eigenvalue weighted by molar-refractivity contribution is 8.13. The van der Waals surface area contributed by atoms with Crippen molar-refractivity contribution in [3.8, 4) is 33.4 Å². The first-order valence-electron chi connectivity index (χ1n) is 11.5. The van der Waals surface area contributed by atoms with Crippen LogP contribution in [-0.4, -0.2) is 48.5 Å². The van der Waals surface area contributed by atoms with Crippen molar-refractivity contribution in [3.05, 3.63) is 97.1 Å². The van der Waals surface area contributed by atoms with Gasteiger partial charge in [-0.1, -0.05) is 54.6 Å². The quantitative estimate of drug-likeness (QED) is 0.253. The van der Waals surface area contributed by atoms with Crippen LogP contribution in [0.1, 0.15) is 0 Å². The Kier molecular flexibility index (Phi) is 8.18. The van der Waals surface area contributed by atoms with Gasteiger partial charge in [0.25, 0.3) is 10.5 Å². The third kappa shape index (κ3) is 6.39. The summed E-state index contributed by atoms with van der Waals surface area (Å²) < 4.78 is 0. The highest BCUT2D eigenvalue weighted by atomic mass is 32.2. The Morgan fingerprint density at radius 3 is 1.14 bits per heavy atom. The van der Waals surface area contributed by atoms with E-state index in [-0.39, 0.29) is 10.5 Å². The second-order valence-electron chi connectivity index (χ2n) is 8.74. The molecule has 0 saturated carbocycles. The average molecular weight is 513 g/mol. The van der Waals surface area contributed by atoms with Crippen molar-refractivity contribution in [2.75, 3.05) is 28.2 Å². The van der Waals surface area contributed by atoms with E-state index in [9.17, 15) is 9.59 Å². The van der Waals surface area contributed by atoms with Gasteiger partial charge in [0, 0.05) is 38.0 Å². The molecule has 0 atom stereocenters. The molecule has 0 radical (unpaired) electrons. The molecule has 4 nitrogen and oxygen atoms in total. The molecule has 0 N–H and O–H groups in total. The molecule has 36 heavy (non-hydrogen) atoms. The zero-order valence-electron chi connectivity index (χ0n) is 20.8. The van der Waals surface area contributed by atoms with Gasteiger partial charge in [0.2, 0.25) is 0 Å². The van der Waals surface area contributed by atoms with Crippen molar-refractivity contribution in [1.82, 2.24) is 9.80 Å². The first-order chi connectivity index (χ1) is 17.3. The summed E-state index contributed by atoms with van der Waals surface area (Å²) in [5.41, 5.74) is 6.64. The Balaban J connectivity index is 1.69. The second kappa shape index (κ2) is 11.5. The molecule has 6 heteroatoms. The lowest BCUT2D eigenvalue weighted by atomic mass is 9.93. The summed E-state index contributed by atoms with van der Waals surface area (Å²) in [6.07, 6.45) is 0. The normalized spacial score (nSPS) is 10.7. The summed E-state index contributed by atoms with van der Waals surface area (Å²) in [7, 11) is 7.02. The number of carbonyl (C=O) groups excluding carboxylic acids is 2. The zero-order valence-corrected chi connectivity index (χ0v) is 22.4. The number of thioether (sulfide) groups is 2. The number of hydrogen-bond donors (Lipinski definition) is 0. The van der Waals surface area contributed by atoms with E-state index in [0.717, 1.165) is 43.2 Å². The molecule has 4 aromatic carbocycles. The number of nitrogens with zero attached hydrogens (tertiary/aromatic N) is 2.